The van der Waals surface area contributed by atoms with E-state index in [1.54, 1.807) is 0 Å². The average molecular weight is 356 g/mol. The molecule has 132 valence electrons. The summed E-state index contributed by atoms with van der Waals surface area (Å²) in [7, 11) is 0. The van der Waals surface area contributed by atoms with Gasteiger partial charge in [0.05, 0.1) is 5.75 Å². The summed E-state index contributed by atoms with van der Waals surface area (Å²) in [5, 5.41) is 12.3. The van der Waals surface area contributed by atoms with Crippen LogP contribution in [0.3, 0.4) is 0 Å². The van der Waals surface area contributed by atoms with Crippen LogP contribution in [0.4, 0.5) is 5.69 Å². The summed E-state index contributed by atoms with van der Waals surface area (Å²) in [6.45, 7) is 6.65. The van der Waals surface area contributed by atoms with E-state index in [1.807, 2.05) is 18.2 Å². The van der Waals surface area contributed by atoms with E-state index in [4.69, 9.17) is 0 Å². The molecule has 2 aromatic rings. The minimum absolute atomic E-state index is 0.0330. The van der Waals surface area contributed by atoms with Crippen molar-refractivity contribution in [2.24, 2.45) is 0 Å². The number of amides is 1. The number of hydrogen-bond donors (Lipinski definition) is 1. The van der Waals surface area contributed by atoms with Crippen LogP contribution in [0.15, 0.2) is 42.1 Å². The highest BCUT2D eigenvalue weighted by molar-refractivity contribution is 7.99. The zero-order valence-corrected chi connectivity index (χ0v) is 15.4. The fourth-order valence-electron chi connectivity index (χ4n) is 2.72. The number of carbonyl (C=O) groups excluding carboxylic acids is 1. The van der Waals surface area contributed by atoms with Crippen LogP contribution in [0, 0.1) is 0 Å². The lowest BCUT2D eigenvalue weighted by atomic mass is 10.1. The van der Waals surface area contributed by atoms with Gasteiger partial charge in [-0.25, -0.2) is 0 Å². The monoisotopic (exact) mass is 356 g/mol. The Labute approximate surface area is 152 Å². The highest BCUT2D eigenvalue weighted by Gasteiger charge is 2.30. The van der Waals surface area contributed by atoms with Gasteiger partial charge in [-0.15, -0.1) is 16.8 Å². The Morgan fingerprint density at radius 2 is 2.12 bits per heavy atom. The van der Waals surface area contributed by atoms with Gasteiger partial charge in [0.15, 0.2) is 5.16 Å². The lowest BCUT2D eigenvalue weighted by Crippen LogP contribution is -2.14. The van der Waals surface area contributed by atoms with Crippen LogP contribution < -0.4 is 5.32 Å². The molecule has 0 bridgehead atoms. The molecule has 0 unspecified atom stereocenters. The van der Waals surface area contributed by atoms with Gasteiger partial charge in [-0.3, -0.25) is 4.79 Å². The molecule has 1 aromatic carbocycles. The second-order valence-electron chi connectivity index (χ2n) is 6.30. The fourth-order valence-corrected chi connectivity index (χ4v) is 3.48. The molecule has 25 heavy (non-hydrogen) atoms. The molecule has 1 N–H and O–H groups in total. The van der Waals surface area contributed by atoms with Gasteiger partial charge in [0.25, 0.3) is 0 Å². The SMILES string of the molecule is C=CCn1c(SCC(=O)Nc2ccc(CCC)cc2)nnc1C1CC1. The van der Waals surface area contributed by atoms with E-state index < -0.39 is 0 Å². The molecule has 0 aliphatic heterocycles. The van der Waals surface area contributed by atoms with Crippen molar-refractivity contribution >= 4 is 23.4 Å². The molecule has 6 heteroatoms. The zero-order valence-electron chi connectivity index (χ0n) is 14.6. The topological polar surface area (TPSA) is 59.8 Å². The number of nitrogens with one attached hydrogen (secondary N) is 1. The van der Waals surface area contributed by atoms with Crippen molar-refractivity contribution in [3.05, 3.63) is 48.3 Å². The minimum Gasteiger partial charge on any atom is -0.325 e. The molecule has 1 amide bonds. The normalized spacial score (nSPS) is 13.6. The number of thioether (sulfide) groups is 1. The maximum absolute atomic E-state index is 12.2. The maximum atomic E-state index is 12.2. The summed E-state index contributed by atoms with van der Waals surface area (Å²) in [5.41, 5.74) is 2.12. The van der Waals surface area contributed by atoms with Crippen LogP contribution in [0.25, 0.3) is 0 Å². The van der Waals surface area contributed by atoms with E-state index in [9.17, 15) is 4.79 Å². The summed E-state index contributed by atoms with van der Waals surface area (Å²) < 4.78 is 2.07. The summed E-state index contributed by atoms with van der Waals surface area (Å²) in [6, 6.07) is 8.04. The van der Waals surface area contributed by atoms with Crippen LogP contribution in [-0.2, 0) is 17.8 Å². The van der Waals surface area contributed by atoms with Crippen molar-refractivity contribution in [1.82, 2.24) is 14.8 Å². The summed E-state index contributed by atoms with van der Waals surface area (Å²) >= 11 is 1.42. The third-order valence-corrected chi connectivity index (χ3v) is 5.08. The Morgan fingerprint density at radius 3 is 2.76 bits per heavy atom. The van der Waals surface area contributed by atoms with Crippen molar-refractivity contribution in [3.63, 3.8) is 0 Å². The van der Waals surface area contributed by atoms with E-state index in [2.05, 4.69) is 45.7 Å². The van der Waals surface area contributed by atoms with Crippen molar-refractivity contribution in [2.75, 3.05) is 11.1 Å². The highest BCUT2D eigenvalue weighted by Crippen LogP contribution is 2.40. The first-order valence-corrected chi connectivity index (χ1v) is 9.75. The number of benzene rings is 1. The molecule has 0 saturated heterocycles. The van der Waals surface area contributed by atoms with Crippen LogP contribution in [0.5, 0.6) is 0 Å². The van der Waals surface area contributed by atoms with E-state index in [0.717, 1.165) is 29.5 Å². The highest BCUT2D eigenvalue weighted by atomic mass is 32.2. The molecule has 5 nitrogen and oxygen atoms in total. The maximum Gasteiger partial charge on any atom is 0.234 e. The van der Waals surface area contributed by atoms with E-state index in [0.29, 0.717) is 18.2 Å². The molecule has 1 fully saturated rings. The number of allylic oxidation sites excluding steroid dienone is 1. The minimum atomic E-state index is -0.0330. The van der Waals surface area contributed by atoms with Crippen LogP contribution in [0.2, 0.25) is 0 Å². The number of nitrogens with zero attached hydrogens (tertiary/aromatic N) is 3. The molecule has 1 heterocycles. The van der Waals surface area contributed by atoms with E-state index >= 15 is 0 Å². The predicted octanol–water partition coefficient (Wildman–Crippen LogP) is 4.02. The fraction of sp³-hybridized carbons (Fsp3) is 0.421. The number of aryl methyl sites for hydroxylation is 1. The predicted molar refractivity (Wildman–Crippen MR) is 102 cm³/mol. The van der Waals surface area contributed by atoms with Crippen molar-refractivity contribution < 1.29 is 4.79 Å². The first-order valence-electron chi connectivity index (χ1n) is 8.76. The number of aromatic nitrogens is 3. The van der Waals surface area contributed by atoms with Gasteiger partial charge in [-0.1, -0.05) is 43.3 Å². The molecular formula is C19H24N4OS. The number of anilines is 1. The van der Waals surface area contributed by atoms with Crippen LogP contribution in [-0.4, -0.2) is 26.4 Å². The van der Waals surface area contributed by atoms with Gasteiger partial charge in [-0.2, -0.15) is 0 Å². The average Bonchev–Trinajstić information content (AvgIpc) is 3.37. The van der Waals surface area contributed by atoms with Crippen molar-refractivity contribution in [3.8, 4) is 0 Å². The Morgan fingerprint density at radius 1 is 1.36 bits per heavy atom. The molecule has 0 spiro atoms. The van der Waals surface area contributed by atoms with Gasteiger partial charge < -0.3 is 9.88 Å². The second-order valence-corrected chi connectivity index (χ2v) is 7.24. The molecule has 1 saturated carbocycles. The zero-order chi connectivity index (χ0) is 17.6. The molecule has 0 radical (unpaired) electrons. The first kappa shape index (κ1) is 17.7. The van der Waals surface area contributed by atoms with Gasteiger partial charge in [0.2, 0.25) is 5.91 Å². The quantitative estimate of drug-likeness (QED) is 0.544. The Kier molecular flexibility index (Phi) is 5.91. The Bertz CT molecular complexity index is 734. The standard InChI is InChI=1S/C19H24N4OS/c1-3-5-14-6-10-16(11-7-14)20-17(24)13-25-19-22-21-18(15-8-9-15)23(19)12-4-2/h4,6-7,10-11,15H,2-3,5,8-9,12-13H2,1H3,(H,20,24). The van der Waals surface area contributed by atoms with Crippen molar-refractivity contribution in [2.45, 2.75) is 50.2 Å². The van der Waals surface area contributed by atoms with Gasteiger partial charge in [-0.05, 0) is 37.0 Å². The number of hydrogen-bond acceptors (Lipinski definition) is 4. The first-order chi connectivity index (χ1) is 12.2. The lowest BCUT2D eigenvalue weighted by molar-refractivity contribution is -0.113. The van der Waals surface area contributed by atoms with E-state index in [1.165, 1.54) is 30.2 Å². The largest absolute Gasteiger partial charge is 0.325 e. The molecule has 0 atom stereocenters. The smallest absolute Gasteiger partial charge is 0.234 e. The Hall–Kier alpha value is -2.08. The van der Waals surface area contributed by atoms with E-state index in [-0.39, 0.29) is 5.91 Å². The molecule has 1 aromatic heterocycles. The van der Waals surface area contributed by atoms with Crippen LogP contribution in [0.1, 0.15) is 43.5 Å². The third kappa shape index (κ3) is 4.72. The second kappa shape index (κ2) is 8.34. The third-order valence-electron chi connectivity index (χ3n) is 4.11. The number of rotatable bonds is 9. The van der Waals surface area contributed by atoms with Gasteiger partial charge >= 0.3 is 0 Å². The Balaban J connectivity index is 1.56. The summed E-state index contributed by atoms with van der Waals surface area (Å²) in [4.78, 5) is 12.2. The number of carbonyl (C=O) groups is 1. The molecular weight excluding hydrogens is 332 g/mol. The molecule has 3 rings (SSSR count). The van der Waals surface area contributed by atoms with Gasteiger partial charge in [0.1, 0.15) is 5.82 Å². The van der Waals surface area contributed by atoms with Crippen LogP contribution >= 0.6 is 11.8 Å². The summed E-state index contributed by atoms with van der Waals surface area (Å²) in [5.74, 6) is 1.83. The summed E-state index contributed by atoms with van der Waals surface area (Å²) in [6.07, 6.45) is 6.38. The lowest BCUT2D eigenvalue weighted by Gasteiger charge is -2.08. The molecule has 1 aliphatic carbocycles. The van der Waals surface area contributed by atoms with Gasteiger partial charge in [0, 0.05) is 18.2 Å². The van der Waals surface area contributed by atoms with Crippen molar-refractivity contribution in [1.29, 1.82) is 0 Å². The molecule has 1 aliphatic rings.